The van der Waals surface area contributed by atoms with Crippen molar-refractivity contribution in [3.8, 4) is 0 Å². The maximum absolute atomic E-state index is 12.6. The van der Waals surface area contributed by atoms with Gasteiger partial charge in [-0.05, 0) is 25.1 Å². The van der Waals surface area contributed by atoms with Crippen LogP contribution in [0.4, 0.5) is 10.8 Å². The SMILES string of the molecule is CC(C)Sc1nnc(NC(=O)[C@H](C)N(c2cc(Cl)ccc2Cl)S(C)(=O)=O)s1. The third kappa shape index (κ3) is 5.95. The highest BCUT2D eigenvalue weighted by Gasteiger charge is 2.31. The van der Waals surface area contributed by atoms with Crippen LogP contribution in [0.3, 0.4) is 0 Å². The van der Waals surface area contributed by atoms with E-state index in [4.69, 9.17) is 23.2 Å². The smallest absolute Gasteiger partial charge is 0.249 e. The average Bonchev–Trinajstić information content (AvgIpc) is 2.95. The van der Waals surface area contributed by atoms with E-state index in [9.17, 15) is 13.2 Å². The second-order valence-corrected chi connectivity index (χ2v) is 11.4. The van der Waals surface area contributed by atoms with Crippen LogP contribution in [0, 0.1) is 0 Å². The molecule has 0 aliphatic carbocycles. The Morgan fingerprint density at radius 3 is 2.52 bits per heavy atom. The molecule has 0 aliphatic heterocycles. The lowest BCUT2D eigenvalue weighted by molar-refractivity contribution is -0.116. The normalized spacial score (nSPS) is 12.9. The van der Waals surface area contributed by atoms with Crippen molar-refractivity contribution in [1.29, 1.82) is 0 Å². The van der Waals surface area contributed by atoms with Gasteiger partial charge in [-0.15, -0.1) is 10.2 Å². The molecule has 0 spiro atoms. The standard InChI is InChI=1S/C15H18Cl2N4O3S3/c1-8(2)25-15-20-19-14(26-15)18-13(22)9(3)21(27(4,23)24)12-7-10(16)5-6-11(12)17/h5-9H,1-4H3,(H,18,19,22)/t9-/m0/s1. The Bertz CT molecular complexity index is 934. The van der Waals surface area contributed by atoms with Gasteiger partial charge >= 0.3 is 0 Å². The number of hydrogen-bond donors (Lipinski definition) is 1. The third-order valence-corrected chi connectivity index (χ3v) is 6.92. The van der Waals surface area contributed by atoms with Gasteiger partial charge in [-0.3, -0.25) is 14.4 Å². The molecule has 1 atom stereocenters. The zero-order chi connectivity index (χ0) is 20.4. The molecule has 1 aromatic carbocycles. The van der Waals surface area contributed by atoms with Crippen LogP contribution >= 0.6 is 46.3 Å². The molecule has 0 saturated heterocycles. The molecule has 0 unspecified atom stereocenters. The van der Waals surface area contributed by atoms with E-state index < -0.39 is 22.0 Å². The molecule has 12 heteroatoms. The molecule has 0 saturated carbocycles. The molecule has 0 radical (unpaired) electrons. The van der Waals surface area contributed by atoms with E-state index in [-0.39, 0.29) is 10.7 Å². The van der Waals surface area contributed by atoms with Crippen LogP contribution in [0.15, 0.2) is 22.5 Å². The van der Waals surface area contributed by atoms with Crippen molar-refractivity contribution in [2.75, 3.05) is 15.9 Å². The maximum Gasteiger partial charge on any atom is 0.249 e. The van der Waals surface area contributed by atoms with Gasteiger partial charge in [0.15, 0.2) is 4.34 Å². The van der Waals surface area contributed by atoms with Gasteiger partial charge in [-0.25, -0.2) is 8.42 Å². The van der Waals surface area contributed by atoms with Gasteiger partial charge in [-0.1, -0.05) is 60.1 Å². The first-order chi connectivity index (χ1) is 12.5. The Kier molecular flexibility index (Phi) is 7.37. The van der Waals surface area contributed by atoms with Crippen LogP contribution < -0.4 is 9.62 Å². The van der Waals surface area contributed by atoms with Gasteiger partial charge in [0, 0.05) is 10.3 Å². The number of anilines is 2. The third-order valence-electron chi connectivity index (χ3n) is 3.21. The molecule has 7 nitrogen and oxygen atoms in total. The molecule has 27 heavy (non-hydrogen) atoms. The Morgan fingerprint density at radius 2 is 1.93 bits per heavy atom. The molecule has 1 amide bonds. The highest BCUT2D eigenvalue weighted by molar-refractivity contribution is 8.01. The van der Waals surface area contributed by atoms with Gasteiger partial charge < -0.3 is 0 Å². The summed E-state index contributed by atoms with van der Waals surface area (Å²) >= 11 is 14.8. The Labute approximate surface area is 176 Å². The number of sulfonamides is 1. The van der Waals surface area contributed by atoms with E-state index in [2.05, 4.69) is 15.5 Å². The van der Waals surface area contributed by atoms with Crippen molar-refractivity contribution in [2.24, 2.45) is 0 Å². The van der Waals surface area contributed by atoms with Gasteiger partial charge in [0.1, 0.15) is 6.04 Å². The lowest BCUT2D eigenvalue weighted by Gasteiger charge is -2.28. The Hall–Kier alpha value is -1.07. The molecule has 2 aromatic rings. The van der Waals surface area contributed by atoms with Crippen LogP contribution in [-0.4, -0.2) is 42.1 Å². The van der Waals surface area contributed by atoms with E-state index in [0.29, 0.717) is 19.7 Å². The first-order valence-corrected chi connectivity index (χ1v) is 12.0. The van der Waals surface area contributed by atoms with Crippen LogP contribution in [-0.2, 0) is 14.8 Å². The highest BCUT2D eigenvalue weighted by Crippen LogP contribution is 2.33. The zero-order valence-electron chi connectivity index (χ0n) is 14.9. The molecule has 148 valence electrons. The van der Waals surface area contributed by atoms with E-state index in [1.807, 2.05) is 13.8 Å². The fraction of sp³-hybridized carbons (Fsp3) is 0.400. The van der Waals surface area contributed by atoms with Crippen molar-refractivity contribution in [3.05, 3.63) is 28.2 Å². The summed E-state index contributed by atoms with van der Waals surface area (Å²) in [4.78, 5) is 12.6. The topological polar surface area (TPSA) is 92.3 Å². The molecular weight excluding hydrogens is 451 g/mol. The molecular formula is C15H18Cl2N4O3S3. The largest absolute Gasteiger partial charge is 0.299 e. The van der Waals surface area contributed by atoms with Crippen LogP contribution in [0.5, 0.6) is 0 Å². The summed E-state index contributed by atoms with van der Waals surface area (Å²) in [6, 6.07) is 3.33. The number of rotatable bonds is 7. The maximum atomic E-state index is 12.6. The lowest BCUT2D eigenvalue weighted by Crippen LogP contribution is -2.45. The minimum absolute atomic E-state index is 0.127. The second kappa shape index (κ2) is 8.95. The van der Waals surface area contributed by atoms with Crippen LogP contribution in [0.2, 0.25) is 10.0 Å². The predicted molar refractivity (Wildman–Crippen MR) is 113 cm³/mol. The Morgan fingerprint density at radius 1 is 1.26 bits per heavy atom. The molecule has 0 aliphatic rings. The van der Waals surface area contributed by atoms with E-state index >= 15 is 0 Å². The fourth-order valence-electron chi connectivity index (χ4n) is 2.16. The minimum atomic E-state index is -3.81. The Balaban J connectivity index is 2.27. The number of hydrogen-bond acceptors (Lipinski definition) is 7. The number of benzene rings is 1. The number of nitrogens with zero attached hydrogens (tertiary/aromatic N) is 3. The second-order valence-electron chi connectivity index (χ2n) is 5.86. The quantitative estimate of drug-likeness (QED) is 0.484. The van der Waals surface area contributed by atoms with Crippen molar-refractivity contribution in [3.63, 3.8) is 0 Å². The van der Waals surface area contributed by atoms with Crippen LogP contribution in [0.1, 0.15) is 20.8 Å². The first-order valence-electron chi connectivity index (χ1n) is 7.74. The van der Waals surface area contributed by atoms with Gasteiger partial charge in [0.05, 0.1) is 17.0 Å². The first kappa shape index (κ1) is 22.2. The number of carbonyl (C=O) groups excluding carboxylic acids is 1. The number of amides is 1. The molecule has 1 aromatic heterocycles. The summed E-state index contributed by atoms with van der Waals surface area (Å²) in [5.41, 5.74) is 0.127. The van der Waals surface area contributed by atoms with Crippen molar-refractivity contribution < 1.29 is 13.2 Å². The van der Waals surface area contributed by atoms with Crippen molar-refractivity contribution in [1.82, 2.24) is 10.2 Å². The van der Waals surface area contributed by atoms with E-state index in [1.54, 1.807) is 0 Å². The van der Waals surface area contributed by atoms with Crippen LogP contribution in [0.25, 0.3) is 0 Å². The molecule has 1 heterocycles. The number of carbonyl (C=O) groups is 1. The summed E-state index contributed by atoms with van der Waals surface area (Å²) in [7, 11) is -3.81. The lowest BCUT2D eigenvalue weighted by atomic mass is 10.2. The molecule has 2 rings (SSSR count). The van der Waals surface area contributed by atoms with Crippen molar-refractivity contribution >= 4 is 73.0 Å². The summed E-state index contributed by atoms with van der Waals surface area (Å²) in [6.45, 7) is 5.49. The zero-order valence-corrected chi connectivity index (χ0v) is 18.9. The number of thioether (sulfide) groups is 1. The predicted octanol–water partition coefficient (Wildman–Crippen LogP) is 4.14. The monoisotopic (exact) mass is 468 g/mol. The van der Waals surface area contributed by atoms with Gasteiger partial charge in [0.2, 0.25) is 21.1 Å². The summed E-state index contributed by atoms with van der Waals surface area (Å²) in [5, 5.41) is 11.6. The summed E-state index contributed by atoms with van der Waals surface area (Å²) < 4.78 is 26.3. The van der Waals surface area contributed by atoms with Gasteiger partial charge in [-0.2, -0.15) is 0 Å². The highest BCUT2D eigenvalue weighted by atomic mass is 35.5. The summed E-state index contributed by atoms with van der Waals surface area (Å²) in [6.07, 6.45) is 0.996. The molecule has 0 fully saturated rings. The van der Waals surface area contributed by atoms with E-state index in [0.717, 1.165) is 10.6 Å². The van der Waals surface area contributed by atoms with E-state index in [1.165, 1.54) is 48.2 Å². The number of aromatic nitrogens is 2. The number of halogens is 2. The fourth-order valence-corrected chi connectivity index (χ4v) is 5.74. The van der Waals surface area contributed by atoms with Crippen molar-refractivity contribution in [2.45, 2.75) is 36.4 Å². The van der Waals surface area contributed by atoms with Gasteiger partial charge in [0.25, 0.3) is 0 Å². The average molecular weight is 469 g/mol. The number of nitrogens with one attached hydrogen (secondary N) is 1. The summed E-state index contributed by atoms with van der Waals surface area (Å²) in [5.74, 6) is -0.561. The molecule has 1 N–H and O–H groups in total. The minimum Gasteiger partial charge on any atom is -0.299 e. The molecule has 0 bridgehead atoms.